The third-order valence-electron chi connectivity index (χ3n) is 4.31. The fourth-order valence-corrected chi connectivity index (χ4v) is 3.91. The summed E-state index contributed by atoms with van der Waals surface area (Å²) in [4.78, 5) is 0. The second kappa shape index (κ2) is 4.35. The van der Waals surface area contributed by atoms with Crippen LogP contribution < -0.4 is 0 Å². The quantitative estimate of drug-likeness (QED) is 0.589. The zero-order valence-corrected chi connectivity index (χ0v) is 12.3. The Hall–Kier alpha value is -1.34. The van der Waals surface area contributed by atoms with Gasteiger partial charge >= 0.3 is 0 Å². The summed E-state index contributed by atoms with van der Waals surface area (Å²) in [5, 5.41) is 2.75. The second-order valence-electron chi connectivity index (χ2n) is 5.35. The summed E-state index contributed by atoms with van der Waals surface area (Å²) in [5.41, 5.74) is 6.05. The first-order valence-corrected chi connectivity index (χ1v) is 7.74. The Balaban J connectivity index is 2.03. The van der Waals surface area contributed by atoms with Crippen molar-refractivity contribution in [2.45, 2.75) is 25.7 Å². The molecule has 4 rings (SSSR count). The molecule has 0 aliphatic heterocycles. The van der Waals surface area contributed by atoms with Crippen molar-refractivity contribution in [2.75, 3.05) is 0 Å². The van der Waals surface area contributed by atoms with E-state index >= 15 is 0 Å². The van der Waals surface area contributed by atoms with E-state index in [1.807, 2.05) is 0 Å². The molecule has 0 aromatic heterocycles. The molecule has 0 nitrogen and oxygen atoms in total. The van der Waals surface area contributed by atoms with Gasteiger partial charge in [-0.25, -0.2) is 0 Å². The Morgan fingerprint density at radius 1 is 0.842 bits per heavy atom. The highest BCUT2D eigenvalue weighted by Crippen LogP contribution is 2.41. The van der Waals surface area contributed by atoms with E-state index in [-0.39, 0.29) is 0 Å². The first-order valence-electron chi connectivity index (χ1n) is 6.94. The molecule has 19 heavy (non-hydrogen) atoms. The molecular weight excluding hydrogens is 296 g/mol. The van der Waals surface area contributed by atoms with Gasteiger partial charge in [0.05, 0.1) is 0 Å². The molecule has 94 valence electrons. The molecular formula is C18H15Br. The van der Waals surface area contributed by atoms with Gasteiger partial charge in [0.2, 0.25) is 0 Å². The predicted octanol–water partition coefficient (Wildman–Crippen LogP) is 5.65. The van der Waals surface area contributed by atoms with Crippen LogP contribution in [0, 0.1) is 0 Å². The summed E-state index contributed by atoms with van der Waals surface area (Å²) >= 11 is 3.67. The highest BCUT2D eigenvalue weighted by atomic mass is 79.9. The lowest BCUT2D eigenvalue weighted by Gasteiger charge is -2.26. The largest absolute Gasteiger partial charge is 0.0804 e. The monoisotopic (exact) mass is 310 g/mol. The van der Waals surface area contributed by atoms with E-state index in [0.29, 0.717) is 0 Å². The van der Waals surface area contributed by atoms with Gasteiger partial charge in [0.1, 0.15) is 0 Å². The highest BCUT2D eigenvalue weighted by Gasteiger charge is 2.21. The summed E-state index contributed by atoms with van der Waals surface area (Å²) in [6, 6.07) is 11.1. The molecule has 1 heteroatoms. The number of benzene rings is 2. The Morgan fingerprint density at radius 2 is 1.74 bits per heavy atom. The highest BCUT2D eigenvalue weighted by molar-refractivity contribution is 9.10. The van der Waals surface area contributed by atoms with Crippen molar-refractivity contribution in [1.29, 1.82) is 0 Å². The van der Waals surface area contributed by atoms with Crippen LogP contribution in [0.2, 0.25) is 0 Å². The fraction of sp³-hybridized carbons (Fsp3) is 0.222. The van der Waals surface area contributed by atoms with E-state index in [1.54, 1.807) is 5.57 Å². The van der Waals surface area contributed by atoms with E-state index in [1.165, 1.54) is 57.6 Å². The van der Waals surface area contributed by atoms with Crippen LogP contribution in [-0.2, 0) is 6.42 Å². The lowest BCUT2D eigenvalue weighted by Crippen LogP contribution is -2.07. The third-order valence-corrected chi connectivity index (χ3v) is 5.00. The Labute approximate surface area is 122 Å². The average molecular weight is 311 g/mol. The van der Waals surface area contributed by atoms with Crippen LogP contribution >= 0.6 is 15.9 Å². The van der Waals surface area contributed by atoms with Gasteiger partial charge in [-0.1, -0.05) is 52.3 Å². The molecule has 0 unspecified atom stereocenters. The number of halogens is 1. The molecule has 2 aliphatic carbocycles. The molecule has 0 saturated carbocycles. The van der Waals surface area contributed by atoms with E-state index in [9.17, 15) is 0 Å². The first kappa shape index (κ1) is 11.5. The van der Waals surface area contributed by atoms with Gasteiger partial charge in [0.25, 0.3) is 0 Å². The predicted molar refractivity (Wildman–Crippen MR) is 85.3 cm³/mol. The van der Waals surface area contributed by atoms with Crippen LogP contribution in [0.3, 0.4) is 0 Å². The number of rotatable bonds is 0. The summed E-state index contributed by atoms with van der Waals surface area (Å²) < 4.78 is 1.20. The molecule has 0 radical (unpaired) electrons. The SMILES string of the molecule is Brc1cccc2c3c(ccc12)C1=CCCC=C1CC3. The number of fused-ring (bicyclic) bond motifs is 5. The van der Waals surface area contributed by atoms with E-state index < -0.39 is 0 Å². The lowest BCUT2D eigenvalue weighted by atomic mass is 9.79. The van der Waals surface area contributed by atoms with Crippen LogP contribution in [0.1, 0.15) is 30.4 Å². The fourth-order valence-electron chi connectivity index (χ4n) is 3.41. The molecule has 0 N–H and O–H groups in total. The second-order valence-corrected chi connectivity index (χ2v) is 6.21. The Bertz CT molecular complexity index is 735. The van der Waals surface area contributed by atoms with Crippen LogP contribution in [0.15, 0.2) is 52.5 Å². The van der Waals surface area contributed by atoms with Crippen molar-refractivity contribution in [2.24, 2.45) is 0 Å². The maximum absolute atomic E-state index is 3.67. The van der Waals surface area contributed by atoms with Gasteiger partial charge in [-0.05, 0) is 64.8 Å². The molecule has 0 amide bonds. The first-order chi connectivity index (χ1) is 9.34. The summed E-state index contributed by atoms with van der Waals surface area (Å²) in [6.07, 6.45) is 9.64. The van der Waals surface area contributed by atoms with Crippen LogP contribution in [0.4, 0.5) is 0 Å². The van der Waals surface area contributed by atoms with Crippen molar-refractivity contribution in [3.8, 4) is 0 Å². The molecule has 0 heterocycles. The van der Waals surface area contributed by atoms with Gasteiger partial charge in [0.15, 0.2) is 0 Å². The van der Waals surface area contributed by atoms with Gasteiger partial charge in [-0.2, -0.15) is 0 Å². The minimum absolute atomic E-state index is 1.17. The maximum Gasteiger partial charge on any atom is 0.0253 e. The molecule has 0 bridgehead atoms. The Morgan fingerprint density at radius 3 is 2.68 bits per heavy atom. The van der Waals surface area contributed by atoms with Gasteiger partial charge in [-0.3, -0.25) is 0 Å². The number of aryl methyl sites for hydroxylation is 1. The van der Waals surface area contributed by atoms with Crippen LogP contribution in [0.5, 0.6) is 0 Å². The molecule has 0 fully saturated rings. The molecule has 0 spiro atoms. The summed E-state index contributed by atoms with van der Waals surface area (Å²) in [6.45, 7) is 0. The summed E-state index contributed by atoms with van der Waals surface area (Å²) in [5.74, 6) is 0. The standard InChI is InChI=1S/C18H15Br/c19-18-7-3-6-14-16-9-8-12-4-1-2-5-13(12)15(16)10-11-17(14)18/h3-7,10-11H,1-2,8-9H2. The molecule has 2 aromatic carbocycles. The zero-order chi connectivity index (χ0) is 12.8. The molecule has 2 aromatic rings. The lowest BCUT2D eigenvalue weighted by molar-refractivity contribution is 0.906. The van der Waals surface area contributed by atoms with Crippen molar-refractivity contribution in [3.05, 3.63) is 63.7 Å². The number of allylic oxidation sites excluding steroid dienone is 4. The van der Waals surface area contributed by atoms with Crippen molar-refractivity contribution in [1.82, 2.24) is 0 Å². The molecule has 0 atom stereocenters. The minimum atomic E-state index is 1.17. The van der Waals surface area contributed by atoms with Gasteiger partial charge in [-0.15, -0.1) is 0 Å². The van der Waals surface area contributed by atoms with E-state index in [2.05, 4.69) is 58.4 Å². The number of hydrogen-bond donors (Lipinski definition) is 0. The van der Waals surface area contributed by atoms with Gasteiger partial charge in [0, 0.05) is 4.47 Å². The summed E-state index contributed by atoms with van der Waals surface area (Å²) in [7, 11) is 0. The van der Waals surface area contributed by atoms with Gasteiger partial charge < -0.3 is 0 Å². The minimum Gasteiger partial charge on any atom is -0.0804 e. The van der Waals surface area contributed by atoms with Crippen molar-refractivity contribution >= 4 is 32.3 Å². The van der Waals surface area contributed by atoms with Crippen LogP contribution in [0.25, 0.3) is 16.3 Å². The maximum atomic E-state index is 3.67. The normalized spacial score (nSPS) is 17.5. The van der Waals surface area contributed by atoms with Crippen LogP contribution in [-0.4, -0.2) is 0 Å². The average Bonchev–Trinajstić information content (AvgIpc) is 2.47. The zero-order valence-electron chi connectivity index (χ0n) is 10.7. The van der Waals surface area contributed by atoms with E-state index in [4.69, 9.17) is 0 Å². The third kappa shape index (κ3) is 1.72. The number of hydrogen-bond acceptors (Lipinski definition) is 0. The molecule has 2 aliphatic rings. The topological polar surface area (TPSA) is 0 Å². The Kier molecular flexibility index (Phi) is 2.63. The van der Waals surface area contributed by atoms with Crippen molar-refractivity contribution in [3.63, 3.8) is 0 Å². The smallest absolute Gasteiger partial charge is 0.0253 e. The van der Waals surface area contributed by atoms with Crippen molar-refractivity contribution < 1.29 is 0 Å². The molecule has 0 saturated heterocycles. The van der Waals surface area contributed by atoms with E-state index in [0.717, 1.165) is 0 Å².